The molecule has 0 aliphatic heterocycles. The average Bonchev–Trinajstić information content (AvgIpc) is 3.13. The summed E-state index contributed by atoms with van der Waals surface area (Å²) in [5.41, 5.74) is 0.887. The first kappa shape index (κ1) is 45.5. The van der Waals surface area contributed by atoms with E-state index in [1.165, 1.54) is 0 Å². The van der Waals surface area contributed by atoms with E-state index in [1.807, 2.05) is 6.07 Å². The summed E-state index contributed by atoms with van der Waals surface area (Å²) >= 11 is 0. The number of carbonyl (C=O) groups excluding carboxylic acids is 2. The molecule has 50 heavy (non-hydrogen) atoms. The van der Waals surface area contributed by atoms with Crippen molar-refractivity contribution in [3.63, 3.8) is 0 Å². The van der Waals surface area contributed by atoms with Crippen LogP contribution in [0.1, 0.15) is 17.3 Å². The van der Waals surface area contributed by atoms with Crippen LogP contribution in [-0.4, -0.2) is 171 Å². The first-order valence-electron chi connectivity index (χ1n) is 17.0. The third-order valence-corrected chi connectivity index (χ3v) is 6.00. The van der Waals surface area contributed by atoms with Gasteiger partial charge in [0.15, 0.2) is 0 Å². The van der Waals surface area contributed by atoms with Gasteiger partial charge in [0.05, 0.1) is 151 Å². The fourth-order valence-corrected chi connectivity index (χ4v) is 3.47. The molecule has 0 unspecified atom stereocenters. The molecule has 0 atom stereocenters. The molecular weight excluding hydrogens is 660 g/mol. The minimum absolute atomic E-state index is 0.194. The van der Waals surface area contributed by atoms with Gasteiger partial charge in [0.25, 0.3) is 0 Å². The van der Waals surface area contributed by atoms with E-state index in [-0.39, 0.29) is 19.2 Å². The van der Waals surface area contributed by atoms with Gasteiger partial charge in [-0.05, 0) is 19.1 Å². The van der Waals surface area contributed by atoms with Crippen LogP contribution in [0.2, 0.25) is 0 Å². The first-order chi connectivity index (χ1) is 24.6. The second-order valence-corrected chi connectivity index (χ2v) is 10.2. The van der Waals surface area contributed by atoms with Gasteiger partial charge >= 0.3 is 11.9 Å². The van der Waals surface area contributed by atoms with Crippen molar-refractivity contribution < 1.29 is 71.2 Å². The predicted octanol–water partition coefficient (Wildman–Crippen LogP) is 2.15. The summed E-state index contributed by atoms with van der Waals surface area (Å²) in [7, 11) is 0. The standard InChI is InChI=1S/C35H58O15/c1-32(2)34(36)49-30-28-47-26-24-45-22-20-43-18-16-41-14-12-39-10-8-38-9-11-40-13-15-42-17-19-44-21-23-46-25-27-48-29-31-50-35(37)33-6-4-3-5-7-33/h3-7H,1,8-31H2,2H3. The summed E-state index contributed by atoms with van der Waals surface area (Å²) < 4.78 is 69.8. The summed E-state index contributed by atoms with van der Waals surface area (Å²) in [5.74, 6) is -0.778. The van der Waals surface area contributed by atoms with Crippen LogP contribution in [-0.2, 0) is 66.4 Å². The molecule has 0 spiro atoms. The van der Waals surface area contributed by atoms with Gasteiger partial charge in [-0.3, -0.25) is 0 Å². The zero-order valence-corrected chi connectivity index (χ0v) is 29.7. The van der Waals surface area contributed by atoms with Gasteiger partial charge in [0.2, 0.25) is 0 Å². The van der Waals surface area contributed by atoms with Crippen molar-refractivity contribution >= 4 is 11.9 Å². The van der Waals surface area contributed by atoms with Gasteiger partial charge in [-0.15, -0.1) is 0 Å². The molecule has 0 heterocycles. The third kappa shape index (κ3) is 31.4. The Morgan fingerprint density at radius 3 is 0.900 bits per heavy atom. The highest BCUT2D eigenvalue weighted by molar-refractivity contribution is 5.89. The molecule has 0 fully saturated rings. The Bertz CT molecular complexity index is 919. The molecule has 1 aromatic carbocycles. The van der Waals surface area contributed by atoms with Crippen molar-refractivity contribution in [2.75, 3.05) is 159 Å². The Hall–Kier alpha value is -2.54. The molecule has 0 amide bonds. The van der Waals surface area contributed by atoms with E-state index in [0.717, 1.165) is 0 Å². The van der Waals surface area contributed by atoms with Crippen molar-refractivity contribution in [3.05, 3.63) is 48.0 Å². The zero-order valence-electron chi connectivity index (χ0n) is 29.7. The quantitative estimate of drug-likeness (QED) is 0.0557. The third-order valence-electron chi connectivity index (χ3n) is 6.00. The van der Waals surface area contributed by atoms with Crippen molar-refractivity contribution in [2.45, 2.75) is 6.92 Å². The summed E-state index contributed by atoms with van der Waals surface area (Å²) in [6.07, 6.45) is 0. The van der Waals surface area contributed by atoms with Crippen LogP contribution >= 0.6 is 0 Å². The molecule has 15 heteroatoms. The second-order valence-electron chi connectivity index (χ2n) is 10.2. The lowest BCUT2D eigenvalue weighted by molar-refractivity contribution is -0.140. The smallest absolute Gasteiger partial charge is 0.338 e. The SMILES string of the molecule is C=C(C)C(=O)OCCOCCOCCOCCOCCOCCOCCOCCOCCOCCOCCOCCOC(=O)c1ccccc1. The Labute approximate surface area is 296 Å². The van der Waals surface area contributed by atoms with Crippen LogP contribution in [0.15, 0.2) is 42.5 Å². The van der Waals surface area contributed by atoms with Crippen LogP contribution in [0.25, 0.3) is 0 Å². The Morgan fingerprint density at radius 2 is 0.640 bits per heavy atom. The monoisotopic (exact) mass is 718 g/mol. The molecule has 1 rings (SSSR count). The molecule has 15 nitrogen and oxygen atoms in total. The topological polar surface area (TPSA) is 154 Å². The molecular formula is C35H58O15. The number of hydrogen-bond donors (Lipinski definition) is 0. The lowest BCUT2D eigenvalue weighted by Gasteiger charge is -2.09. The maximum atomic E-state index is 11.8. The number of hydrogen-bond acceptors (Lipinski definition) is 15. The van der Waals surface area contributed by atoms with Crippen LogP contribution in [0.5, 0.6) is 0 Å². The van der Waals surface area contributed by atoms with E-state index in [2.05, 4.69) is 6.58 Å². The molecule has 1 aromatic rings. The zero-order chi connectivity index (χ0) is 36.0. The van der Waals surface area contributed by atoms with Gasteiger partial charge in [-0.1, -0.05) is 24.8 Å². The maximum absolute atomic E-state index is 11.8. The molecule has 0 saturated carbocycles. The van der Waals surface area contributed by atoms with E-state index in [1.54, 1.807) is 31.2 Å². The highest BCUT2D eigenvalue weighted by Gasteiger charge is 2.05. The second kappa shape index (κ2) is 36.3. The van der Waals surface area contributed by atoms with Crippen molar-refractivity contribution in [1.29, 1.82) is 0 Å². The van der Waals surface area contributed by atoms with Crippen LogP contribution in [0, 0.1) is 0 Å². The first-order valence-corrected chi connectivity index (χ1v) is 17.0. The average molecular weight is 719 g/mol. The molecule has 0 aliphatic carbocycles. The molecule has 0 N–H and O–H groups in total. The van der Waals surface area contributed by atoms with E-state index in [4.69, 9.17) is 61.6 Å². The molecule has 0 bridgehead atoms. The van der Waals surface area contributed by atoms with Crippen molar-refractivity contribution in [1.82, 2.24) is 0 Å². The number of esters is 2. The predicted molar refractivity (Wildman–Crippen MR) is 182 cm³/mol. The largest absolute Gasteiger partial charge is 0.460 e. The lowest BCUT2D eigenvalue weighted by Crippen LogP contribution is -2.16. The van der Waals surface area contributed by atoms with Crippen molar-refractivity contribution in [2.24, 2.45) is 0 Å². The Balaban J connectivity index is 1.64. The van der Waals surface area contributed by atoms with E-state index in [0.29, 0.717) is 156 Å². The van der Waals surface area contributed by atoms with E-state index < -0.39 is 5.97 Å². The summed E-state index contributed by atoms with van der Waals surface area (Å²) in [6, 6.07) is 8.83. The van der Waals surface area contributed by atoms with Gasteiger partial charge in [-0.25, -0.2) is 9.59 Å². The van der Waals surface area contributed by atoms with Crippen LogP contribution in [0.3, 0.4) is 0 Å². The minimum atomic E-state index is -0.417. The highest BCUT2D eigenvalue weighted by Crippen LogP contribution is 2.00. The molecule has 0 aromatic heterocycles. The summed E-state index contributed by atoms with van der Waals surface area (Å²) in [5, 5.41) is 0. The minimum Gasteiger partial charge on any atom is -0.460 e. The maximum Gasteiger partial charge on any atom is 0.338 e. The summed E-state index contributed by atoms with van der Waals surface area (Å²) in [4.78, 5) is 23.0. The van der Waals surface area contributed by atoms with E-state index in [9.17, 15) is 9.59 Å². The fourth-order valence-electron chi connectivity index (χ4n) is 3.47. The normalized spacial score (nSPS) is 11.1. The van der Waals surface area contributed by atoms with Crippen LogP contribution in [0.4, 0.5) is 0 Å². The van der Waals surface area contributed by atoms with Gasteiger partial charge < -0.3 is 61.6 Å². The lowest BCUT2D eigenvalue weighted by atomic mass is 10.2. The van der Waals surface area contributed by atoms with E-state index >= 15 is 0 Å². The highest BCUT2D eigenvalue weighted by atomic mass is 16.6. The number of ether oxygens (including phenoxy) is 13. The van der Waals surface area contributed by atoms with Gasteiger partial charge in [0.1, 0.15) is 13.2 Å². The molecule has 0 aliphatic rings. The summed E-state index contributed by atoms with van der Waals surface area (Å²) in [6.45, 7) is 15.4. The Morgan fingerprint density at radius 1 is 0.400 bits per heavy atom. The van der Waals surface area contributed by atoms with Crippen LogP contribution < -0.4 is 0 Å². The van der Waals surface area contributed by atoms with Crippen molar-refractivity contribution in [3.8, 4) is 0 Å². The van der Waals surface area contributed by atoms with Gasteiger partial charge in [0, 0.05) is 5.57 Å². The molecule has 0 saturated heterocycles. The Kier molecular flexibility index (Phi) is 33.0. The van der Waals surface area contributed by atoms with Gasteiger partial charge in [-0.2, -0.15) is 0 Å². The number of carbonyl (C=O) groups is 2. The fraction of sp³-hybridized carbons (Fsp3) is 0.714. The molecule has 288 valence electrons. The molecule has 0 radical (unpaired) electrons. The number of rotatable bonds is 38. The number of benzene rings is 1.